The molecule has 15 atom stereocenters. The molecule has 0 radical (unpaired) electrons. The van der Waals surface area contributed by atoms with E-state index in [0.29, 0.717) is 50.6 Å². The summed E-state index contributed by atoms with van der Waals surface area (Å²) in [6.07, 6.45) is 15.1. The average molecular weight is 898 g/mol. The lowest BCUT2D eigenvalue weighted by atomic mass is 9.78. The molecule has 3 heterocycles. The minimum Gasteiger partial charge on any atom is -0.460 e. The van der Waals surface area contributed by atoms with E-state index in [4.69, 9.17) is 23.7 Å². The number of nitrogens with zero attached hydrogens (tertiary/aromatic N) is 1. The zero-order valence-corrected chi connectivity index (χ0v) is 41.0. The summed E-state index contributed by atoms with van der Waals surface area (Å²) in [7, 11) is 4.72. The molecule has 4 rings (SSSR count). The standard InChI is InChI=1S/C52H83NO11/c1-32-17-13-12-14-18-33(2)44(60-9)29-40-22-20-38(7)52(8,64-40)31-47(56)53-24-16-15-19-41(53)51(59)63-45(35(4)27-39-21-23-42(54)46(28-39)61-10)30-43(55)34(3)26-37(6)49(58)50(62-11)48(57)36(5)25-32/h12-14,17-18,26,32,34-36,38-42,44-46,49-50,54,58H,15-16,19-25,27-31H2,1-11H3/b14-12+,17-13+,33-18+,37-26+/t32-,34-,35-,36?,38?,39?,40+,41?,42-,44+,45+,46?,49?,50+,52?/m1/s1. The van der Waals surface area contributed by atoms with Crippen molar-refractivity contribution >= 4 is 23.4 Å². The largest absolute Gasteiger partial charge is 0.460 e. The van der Waals surface area contributed by atoms with Crippen molar-refractivity contribution in [1.82, 2.24) is 4.90 Å². The van der Waals surface area contributed by atoms with Crippen LogP contribution < -0.4 is 0 Å². The first-order valence-electron chi connectivity index (χ1n) is 24.2. The molecule has 2 bridgehead atoms. The van der Waals surface area contributed by atoms with E-state index in [1.54, 1.807) is 39.0 Å². The Kier molecular flexibility index (Phi) is 21.1. The Morgan fingerprint density at radius 2 is 1.59 bits per heavy atom. The van der Waals surface area contributed by atoms with Gasteiger partial charge in [0.25, 0.3) is 0 Å². The molecular formula is C52H83NO11. The third-order valence-electron chi connectivity index (χ3n) is 15.0. The number of Topliss-reactive ketones (excluding diaryl/α,β-unsaturated/α-hetero) is 2. The fourth-order valence-electron chi connectivity index (χ4n) is 10.5. The maximum atomic E-state index is 14.4. The number of hydrogen-bond donors (Lipinski definition) is 2. The van der Waals surface area contributed by atoms with E-state index in [1.807, 2.05) is 58.9 Å². The average Bonchev–Trinajstić information content (AvgIpc) is 3.26. The normalized spacial score (nSPS) is 40.8. The van der Waals surface area contributed by atoms with Crippen LogP contribution >= 0.6 is 0 Å². The Labute approximate surface area is 384 Å². The second kappa shape index (κ2) is 25.2. The zero-order valence-electron chi connectivity index (χ0n) is 41.0. The summed E-state index contributed by atoms with van der Waals surface area (Å²) < 4.78 is 30.4. The predicted octanol–water partition coefficient (Wildman–Crippen LogP) is 8.07. The quantitative estimate of drug-likeness (QED) is 0.196. The molecule has 2 saturated heterocycles. The molecular weight excluding hydrogens is 815 g/mol. The number of fused-ring (bicyclic) bond motifs is 3. The van der Waals surface area contributed by atoms with Gasteiger partial charge in [-0.15, -0.1) is 0 Å². The number of ketones is 2. The summed E-state index contributed by atoms with van der Waals surface area (Å²) in [5, 5.41) is 21.9. The Balaban J connectivity index is 1.67. The van der Waals surface area contributed by atoms with E-state index in [9.17, 15) is 29.4 Å². The molecule has 64 heavy (non-hydrogen) atoms. The first-order chi connectivity index (χ1) is 30.3. The number of allylic oxidation sites excluding steroid dienone is 6. The number of cyclic esters (lactones) is 1. The number of aliphatic hydroxyl groups is 2. The lowest BCUT2D eigenvalue weighted by Gasteiger charge is -2.45. The fraction of sp³-hybridized carbons (Fsp3) is 0.769. The van der Waals surface area contributed by atoms with Gasteiger partial charge in [-0.3, -0.25) is 14.4 Å². The van der Waals surface area contributed by atoms with E-state index in [-0.39, 0.29) is 72.3 Å². The van der Waals surface area contributed by atoms with Crippen molar-refractivity contribution in [1.29, 1.82) is 0 Å². The number of methoxy groups -OCH3 is 3. The van der Waals surface area contributed by atoms with Gasteiger partial charge in [0.15, 0.2) is 5.78 Å². The fourth-order valence-corrected chi connectivity index (χ4v) is 10.5. The third-order valence-corrected chi connectivity index (χ3v) is 15.0. The number of aliphatic hydroxyl groups excluding tert-OH is 2. The molecule has 0 spiro atoms. The topological polar surface area (TPSA) is 158 Å². The highest BCUT2D eigenvalue weighted by Crippen LogP contribution is 2.40. The van der Waals surface area contributed by atoms with Gasteiger partial charge in [-0.2, -0.15) is 0 Å². The van der Waals surface area contributed by atoms with Crippen molar-refractivity contribution in [3.05, 3.63) is 47.6 Å². The Morgan fingerprint density at radius 3 is 2.28 bits per heavy atom. The monoisotopic (exact) mass is 898 g/mol. The highest BCUT2D eigenvalue weighted by atomic mass is 16.5. The Bertz CT molecular complexity index is 1670. The van der Waals surface area contributed by atoms with Crippen LogP contribution in [0.15, 0.2) is 47.6 Å². The van der Waals surface area contributed by atoms with Crippen LogP contribution in [-0.4, -0.2) is 121 Å². The minimum absolute atomic E-state index is 0.0656. The number of esters is 1. The maximum absolute atomic E-state index is 14.4. The molecule has 3 fully saturated rings. The van der Waals surface area contributed by atoms with Crippen LogP contribution in [0.1, 0.15) is 139 Å². The maximum Gasteiger partial charge on any atom is 0.329 e. The van der Waals surface area contributed by atoms with E-state index in [1.165, 1.54) is 7.11 Å². The van der Waals surface area contributed by atoms with Crippen molar-refractivity contribution in [2.75, 3.05) is 27.9 Å². The molecule has 0 aromatic carbocycles. The SMILES string of the molecule is COC1CC(C[C@@H](C)[C@@H]2CC(=O)[C@H](C)/C=C(\C)C(O)[C@@H](OC)C(=O)C(C)C[C@H](C)/C=C/C=C/C=C(\C)[C@@H](OC)C[C@@H]3CCC(C)C(C)(CC(=O)N4CCCCC4C(=O)O2)O3)CC[C@H]1O. The van der Waals surface area contributed by atoms with E-state index in [2.05, 4.69) is 13.0 Å². The van der Waals surface area contributed by atoms with Crippen LogP contribution in [0, 0.1) is 35.5 Å². The van der Waals surface area contributed by atoms with Crippen LogP contribution in [0.5, 0.6) is 0 Å². The lowest BCUT2D eigenvalue weighted by Crippen LogP contribution is -2.54. The highest BCUT2D eigenvalue weighted by molar-refractivity contribution is 5.87. The van der Waals surface area contributed by atoms with Crippen molar-refractivity contribution in [2.24, 2.45) is 35.5 Å². The summed E-state index contributed by atoms with van der Waals surface area (Å²) in [6, 6.07) is -0.791. The van der Waals surface area contributed by atoms with Gasteiger partial charge >= 0.3 is 5.97 Å². The summed E-state index contributed by atoms with van der Waals surface area (Å²) in [6.45, 7) is 16.0. The molecule has 12 heteroatoms. The molecule has 12 nitrogen and oxygen atoms in total. The predicted molar refractivity (Wildman–Crippen MR) is 248 cm³/mol. The summed E-state index contributed by atoms with van der Waals surface area (Å²) in [5.74, 6) is -1.97. The first-order valence-corrected chi connectivity index (χ1v) is 24.2. The molecule has 4 aliphatic rings. The third kappa shape index (κ3) is 14.8. The molecule has 1 amide bonds. The van der Waals surface area contributed by atoms with Gasteiger partial charge in [-0.25, -0.2) is 4.79 Å². The van der Waals surface area contributed by atoms with Gasteiger partial charge in [0.1, 0.15) is 30.1 Å². The van der Waals surface area contributed by atoms with Gasteiger partial charge in [0.05, 0.1) is 36.4 Å². The van der Waals surface area contributed by atoms with Crippen LogP contribution in [0.2, 0.25) is 0 Å². The van der Waals surface area contributed by atoms with E-state index in [0.717, 1.165) is 37.7 Å². The number of rotatable bonds is 6. The number of ether oxygens (including phenoxy) is 5. The van der Waals surface area contributed by atoms with Gasteiger partial charge in [0.2, 0.25) is 5.91 Å². The summed E-state index contributed by atoms with van der Waals surface area (Å²) in [5.41, 5.74) is 0.740. The summed E-state index contributed by atoms with van der Waals surface area (Å²) >= 11 is 0. The zero-order chi connectivity index (χ0) is 47.3. The molecule has 1 saturated carbocycles. The number of amides is 1. The van der Waals surface area contributed by atoms with Crippen molar-refractivity contribution < 1.29 is 53.1 Å². The Hall–Kier alpha value is -3.00. The molecule has 1 aliphatic carbocycles. The number of carbonyl (C=O) groups excluding carboxylic acids is 4. The van der Waals surface area contributed by atoms with E-state index < -0.39 is 53.9 Å². The smallest absolute Gasteiger partial charge is 0.329 e. The van der Waals surface area contributed by atoms with Crippen LogP contribution in [-0.2, 0) is 42.9 Å². The van der Waals surface area contributed by atoms with Crippen LogP contribution in [0.4, 0.5) is 0 Å². The minimum atomic E-state index is -1.26. The van der Waals surface area contributed by atoms with Gasteiger partial charge in [0, 0.05) is 52.6 Å². The van der Waals surface area contributed by atoms with Crippen LogP contribution in [0.25, 0.3) is 0 Å². The molecule has 0 aromatic heterocycles. The van der Waals surface area contributed by atoms with Crippen molar-refractivity contribution in [2.45, 2.75) is 193 Å². The van der Waals surface area contributed by atoms with Crippen molar-refractivity contribution in [3.63, 3.8) is 0 Å². The number of carbonyl (C=O) groups is 4. The van der Waals surface area contributed by atoms with Gasteiger partial charge in [-0.1, -0.05) is 71.1 Å². The Morgan fingerprint density at radius 1 is 0.859 bits per heavy atom. The number of hydrogen-bond acceptors (Lipinski definition) is 11. The molecule has 7 unspecified atom stereocenters. The summed E-state index contributed by atoms with van der Waals surface area (Å²) in [4.78, 5) is 58.4. The second-order valence-corrected chi connectivity index (χ2v) is 20.1. The molecule has 3 aliphatic heterocycles. The first kappa shape index (κ1) is 53.6. The van der Waals surface area contributed by atoms with Gasteiger partial charge in [-0.05, 0) is 120 Å². The molecule has 2 N–H and O–H groups in total. The highest BCUT2D eigenvalue weighted by Gasteiger charge is 2.45. The molecule has 0 aromatic rings. The second-order valence-electron chi connectivity index (χ2n) is 20.1. The molecule has 362 valence electrons. The van der Waals surface area contributed by atoms with E-state index >= 15 is 0 Å². The lowest BCUT2D eigenvalue weighted by molar-refractivity contribution is -0.178. The van der Waals surface area contributed by atoms with Crippen LogP contribution in [0.3, 0.4) is 0 Å². The van der Waals surface area contributed by atoms with Gasteiger partial charge < -0.3 is 38.8 Å². The van der Waals surface area contributed by atoms with Crippen molar-refractivity contribution in [3.8, 4) is 0 Å². The number of piperidine rings is 1.